The minimum absolute atomic E-state index is 0.285. The van der Waals surface area contributed by atoms with Crippen LogP contribution in [-0.4, -0.2) is 15.9 Å². The number of anilines is 2. The molecule has 0 saturated carbocycles. The van der Waals surface area contributed by atoms with Gasteiger partial charge in [0.1, 0.15) is 0 Å². The van der Waals surface area contributed by atoms with E-state index < -0.39 is 0 Å². The lowest BCUT2D eigenvalue weighted by atomic mass is 10.1. The molecule has 0 aliphatic rings. The minimum Gasteiger partial charge on any atom is -0.323 e. The molecule has 2 aromatic heterocycles. The molecule has 1 amide bonds. The summed E-state index contributed by atoms with van der Waals surface area (Å²) in [6, 6.07) is 10.9. The second-order valence-corrected chi connectivity index (χ2v) is 4.40. The van der Waals surface area contributed by atoms with E-state index in [1.54, 1.807) is 18.5 Å². The first kappa shape index (κ1) is 13.0. The second kappa shape index (κ2) is 5.56. The average Bonchev–Trinajstić information content (AvgIpc) is 2.55. The fourth-order valence-electron chi connectivity index (χ4n) is 2.10. The van der Waals surface area contributed by atoms with Crippen molar-refractivity contribution in [1.82, 2.24) is 9.97 Å². The predicted octanol–water partition coefficient (Wildman–Crippen LogP) is 2.17. The first-order chi connectivity index (χ1) is 10.3. The Bertz CT molecular complexity index is 797. The van der Waals surface area contributed by atoms with E-state index in [9.17, 15) is 4.79 Å². The van der Waals surface area contributed by atoms with Crippen molar-refractivity contribution in [3.05, 3.63) is 60.6 Å². The third kappa shape index (κ3) is 2.52. The van der Waals surface area contributed by atoms with Gasteiger partial charge in [0.05, 0.1) is 22.5 Å². The molecule has 6 heteroatoms. The van der Waals surface area contributed by atoms with Gasteiger partial charge in [-0.1, -0.05) is 6.07 Å². The molecule has 3 aromatic rings. The van der Waals surface area contributed by atoms with Gasteiger partial charge in [-0.25, -0.2) is 0 Å². The van der Waals surface area contributed by atoms with Crippen LogP contribution in [-0.2, 0) is 0 Å². The molecule has 104 valence electrons. The molecule has 21 heavy (non-hydrogen) atoms. The average molecular weight is 279 g/mol. The zero-order chi connectivity index (χ0) is 14.7. The van der Waals surface area contributed by atoms with Crippen LogP contribution in [0.25, 0.3) is 10.9 Å². The van der Waals surface area contributed by atoms with Gasteiger partial charge in [0.15, 0.2) is 0 Å². The highest BCUT2D eigenvalue weighted by Gasteiger charge is 2.12. The van der Waals surface area contributed by atoms with Gasteiger partial charge < -0.3 is 10.7 Å². The Kier molecular flexibility index (Phi) is 3.44. The number of amides is 1. The SMILES string of the molecule is NNc1ccncc1C(=O)Nc1cccc2ncccc12. The normalized spacial score (nSPS) is 10.3. The van der Waals surface area contributed by atoms with Crippen molar-refractivity contribution in [3.63, 3.8) is 0 Å². The Morgan fingerprint density at radius 1 is 1.05 bits per heavy atom. The monoisotopic (exact) mass is 279 g/mol. The quantitative estimate of drug-likeness (QED) is 0.504. The summed E-state index contributed by atoms with van der Waals surface area (Å²) in [4.78, 5) is 20.6. The molecule has 1 aromatic carbocycles. The summed E-state index contributed by atoms with van der Waals surface area (Å²) < 4.78 is 0. The van der Waals surface area contributed by atoms with Crippen LogP contribution in [0.1, 0.15) is 10.4 Å². The molecular weight excluding hydrogens is 266 g/mol. The van der Waals surface area contributed by atoms with Gasteiger partial charge in [0, 0.05) is 24.0 Å². The molecule has 3 rings (SSSR count). The number of pyridine rings is 2. The Morgan fingerprint density at radius 2 is 1.95 bits per heavy atom. The van der Waals surface area contributed by atoms with Crippen molar-refractivity contribution in [2.24, 2.45) is 5.84 Å². The molecule has 4 N–H and O–H groups in total. The summed E-state index contributed by atoms with van der Waals surface area (Å²) in [5.41, 5.74) is 4.89. The van der Waals surface area contributed by atoms with Gasteiger partial charge >= 0.3 is 0 Å². The lowest BCUT2D eigenvalue weighted by Crippen LogP contribution is -2.17. The number of hydrazine groups is 1. The summed E-state index contributed by atoms with van der Waals surface area (Å²) in [6.07, 6.45) is 4.74. The van der Waals surface area contributed by atoms with Crippen LogP contribution >= 0.6 is 0 Å². The molecule has 0 bridgehead atoms. The number of carbonyl (C=O) groups excluding carboxylic acids is 1. The number of nitrogens with two attached hydrogens (primary N) is 1. The standard InChI is InChI=1S/C15H13N5O/c16-20-14-6-8-17-9-11(14)15(21)19-13-5-1-4-12-10(13)3-2-7-18-12/h1-9H,16H2,(H,17,20)(H,19,21). The highest BCUT2D eigenvalue weighted by Crippen LogP contribution is 2.22. The topological polar surface area (TPSA) is 92.9 Å². The van der Waals surface area contributed by atoms with Crippen LogP contribution in [0.15, 0.2) is 55.0 Å². The molecule has 6 nitrogen and oxygen atoms in total. The summed E-state index contributed by atoms with van der Waals surface area (Å²) in [6.45, 7) is 0. The lowest BCUT2D eigenvalue weighted by molar-refractivity contribution is 0.102. The number of benzene rings is 1. The van der Waals surface area contributed by atoms with Crippen LogP contribution in [0, 0.1) is 0 Å². The molecule has 2 heterocycles. The van der Waals surface area contributed by atoms with E-state index in [0.717, 1.165) is 10.9 Å². The molecule has 0 aliphatic carbocycles. The van der Waals surface area contributed by atoms with Crippen molar-refractivity contribution in [1.29, 1.82) is 0 Å². The number of nitrogens with one attached hydrogen (secondary N) is 2. The van der Waals surface area contributed by atoms with Crippen LogP contribution < -0.4 is 16.6 Å². The van der Waals surface area contributed by atoms with Crippen LogP contribution in [0.2, 0.25) is 0 Å². The van der Waals surface area contributed by atoms with E-state index in [1.807, 2.05) is 30.3 Å². The van der Waals surface area contributed by atoms with E-state index in [0.29, 0.717) is 16.9 Å². The fraction of sp³-hybridized carbons (Fsp3) is 0. The van der Waals surface area contributed by atoms with E-state index in [4.69, 9.17) is 5.84 Å². The van der Waals surface area contributed by atoms with Crippen LogP contribution in [0.5, 0.6) is 0 Å². The molecule has 0 atom stereocenters. The van der Waals surface area contributed by atoms with Crippen molar-refractivity contribution in [2.45, 2.75) is 0 Å². The minimum atomic E-state index is -0.285. The summed E-state index contributed by atoms with van der Waals surface area (Å²) in [5, 5.41) is 3.74. The van der Waals surface area contributed by atoms with Crippen LogP contribution in [0.4, 0.5) is 11.4 Å². The Labute approximate surface area is 121 Å². The van der Waals surface area contributed by atoms with E-state index in [-0.39, 0.29) is 5.91 Å². The van der Waals surface area contributed by atoms with Gasteiger partial charge in [-0.2, -0.15) is 0 Å². The van der Waals surface area contributed by atoms with Gasteiger partial charge in [-0.15, -0.1) is 0 Å². The maximum absolute atomic E-state index is 12.4. The predicted molar refractivity (Wildman–Crippen MR) is 81.7 cm³/mol. The number of nitrogen functional groups attached to an aromatic ring is 1. The summed E-state index contributed by atoms with van der Waals surface area (Å²) in [5.74, 6) is 5.12. The highest BCUT2D eigenvalue weighted by molar-refractivity contribution is 6.11. The van der Waals surface area contributed by atoms with Crippen molar-refractivity contribution in [3.8, 4) is 0 Å². The molecule has 0 radical (unpaired) electrons. The van der Waals surface area contributed by atoms with Crippen molar-refractivity contribution >= 4 is 28.2 Å². The van der Waals surface area contributed by atoms with Gasteiger partial charge in [0.2, 0.25) is 0 Å². The van der Waals surface area contributed by atoms with Gasteiger partial charge in [-0.05, 0) is 30.3 Å². The Hall–Kier alpha value is -2.99. The smallest absolute Gasteiger partial charge is 0.259 e. The number of carbonyl (C=O) groups is 1. The first-order valence-electron chi connectivity index (χ1n) is 6.35. The second-order valence-electron chi connectivity index (χ2n) is 4.40. The van der Waals surface area contributed by atoms with E-state index in [2.05, 4.69) is 20.7 Å². The van der Waals surface area contributed by atoms with Gasteiger partial charge in [0.25, 0.3) is 5.91 Å². The largest absolute Gasteiger partial charge is 0.323 e. The lowest BCUT2D eigenvalue weighted by Gasteiger charge is -2.10. The molecule has 0 fully saturated rings. The molecule has 0 saturated heterocycles. The summed E-state index contributed by atoms with van der Waals surface area (Å²) in [7, 11) is 0. The maximum atomic E-state index is 12.4. The van der Waals surface area contributed by atoms with Crippen molar-refractivity contribution in [2.75, 3.05) is 10.7 Å². The number of hydrogen-bond acceptors (Lipinski definition) is 5. The number of nitrogens with zero attached hydrogens (tertiary/aromatic N) is 2. The zero-order valence-corrected chi connectivity index (χ0v) is 11.1. The molecular formula is C15H13N5O. The zero-order valence-electron chi connectivity index (χ0n) is 11.1. The number of fused-ring (bicyclic) bond motifs is 1. The highest BCUT2D eigenvalue weighted by atomic mass is 16.1. The number of hydrogen-bond donors (Lipinski definition) is 3. The van der Waals surface area contributed by atoms with E-state index >= 15 is 0 Å². The van der Waals surface area contributed by atoms with Gasteiger partial charge in [-0.3, -0.25) is 20.6 Å². The molecule has 0 unspecified atom stereocenters. The van der Waals surface area contributed by atoms with Crippen LogP contribution in [0.3, 0.4) is 0 Å². The fourth-order valence-corrected chi connectivity index (χ4v) is 2.10. The van der Waals surface area contributed by atoms with E-state index in [1.165, 1.54) is 6.20 Å². The number of aromatic nitrogens is 2. The summed E-state index contributed by atoms with van der Waals surface area (Å²) >= 11 is 0. The van der Waals surface area contributed by atoms with Crippen molar-refractivity contribution < 1.29 is 4.79 Å². The Morgan fingerprint density at radius 3 is 2.81 bits per heavy atom. The molecule has 0 spiro atoms. The third-order valence-electron chi connectivity index (χ3n) is 3.12. The third-order valence-corrected chi connectivity index (χ3v) is 3.12. The molecule has 0 aliphatic heterocycles. The first-order valence-corrected chi connectivity index (χ1v) is 6.35. The Balaban J connectivity index is 1.97. The maximum Gasteiger partial charge on any atom is 0.259 e. The number of rotatable bonds is 3.